The lowest BCUT2D eigenvalue weighted by atomic mass is 10.2. The first-order valence-corrected chi connectivity index (χ1v) is 13.1. The number of hydrogen-bond donors (Lipinski definition) is 1. The van der Waals surface area contributed by atoms with Crippen molar-refractivity contribution < 1.29 is 47.9 Å². The topological polar surface area (TPSA) is 127 Å². The van der Waals surface area contributed by atoms with Crippen LogP contribution in [0.3, 0.4) is 0 Å². The van der Waals surface area contributed by atoms with Crippen LogP contribution in [0.1, 0.15) is 33.6 Å². The summed E-state index contributed by atoms with van der Waals surface area (Å²) in [5, 5.41) is 9.25. The summed E-state index contributed by atoms with van der Waals surface area (Å²) in [5.41, 5.74) is 0.656. The number of rotatable bonds is 17. The highest BCUT2D eigenvalue weighted by Crippen LogP contribution is 2.21. The van der Waals surface area contributed by atoms with Crippen LogP contribution < -0.4 is 18.9 Å². The molecule has 3 aromatic rings. The number of carbonyl (C=O) groups excluding carboxylic acids is 3. The lowest BCUT2D eigenvalue weighted by Gasteiger charge is -2.10. The fourth-order valence-corrected chi connectivity index (χ4v) is 3.28. The molecule has 0 radical (unpaired) electrons. The Kier molecular flexibility index (Phi) is 12.8. The second kappa shape index (κ2) is 17.0. The molecule has 0 bridgehead atoms. The Morgan fingerprint density at radius 2 is 1.07 bits per heavy atom. The van der Waals surface area contributed by atoms with Gasteiger partial charge in [0.05, 0.1) is 37.6 Å². The molecule has 0 aliphatic heterocycles. The molecular weight excluding hydrogens is 544 g/mol. The molecule has 0 saturated heterocycles. The van der Waals surface area contributed by atoms with Gasteiger partial charge in [0.15, 0.2) is 6.29 Å². The van der Waals surface area contributed by atoms with Crippen LogP contribution in [0.2, 0.25) is 0 Å². The summed E-state index contributed by atoms with van der Waals surface area (Å²) in [6.07, 6.45) is 2.48. The SMILES string of the molecule is C=CC(=O)OCCCOc1ccc(C(=O)Oc2ccc(OC(=O)c3ccc(OCCCO[C@@H](O)C=C)cc3)cc2)cc1. The van der Waals surface area contributed by atoms with Gasteiger partial charge in [0.1, 0.15) is 23.0 Å². The third kappa shape index (κ3) is 10.9. The van der Waals surface area contributed by atoms with Crippen LogP contribution in [-0.2, 0) is 14.3 Å². The molecule has 0 unspecified atom stereocenters. The van der Waals surface area contributed by atoms with Gasteiger partial charge in [-0.1, -0.05) is 13.2 Å². The van der Waals surface area contributed by atoms with E-state index in [1.807, 2.05) is 0 Å². The predicted octanol–water partition coefficient (Wildman–Crippen LogP) is 4.91. The van der Waals surface area contributed by atoms with Crippen molar-refractivity contribution in [2.45, 2.75) is 19.1 Å². The lowest BCUT2D eigenvalue weighted by molar-refractivity contribution is -0.137. The molecule has 1 atom stereocenters. The smallest absolute Gasteiger partial charge is 0.343 e. The lowest BCUT2D eigenvalue weighted by Crippen LogP contribution is -2.11. The molecular formula is C32H32O10. The van der Waals surface area contributed by atoms with E-state index in [4.69, 9.17) is 28.4 Å². The summed E-state index contributed by atoms with van der Waals surface area (Å²) >= 11 is 0. The fourth-order valence-electron chi connectivity index (χ4n) is 3.28. The molecule has 220 valence electrons. The Labute approximate surface area is 243 Å². The zero-order valence-electron chi connectivity index (χ0n) is 22.9. The number of ether oxygens (including phenoxy) is 6. The molecule has 0 aliphatic rings. The van der Waals surface area contributed by atoms with Crippen LogP contribution in [0.25, 0.3) is 0 Å². The zero-order chi connectivity index (χ0) is 30.2. The molecule has 10 nitrogen and oxygen atoms in total. The van der Waals surface area contributed by atoms with E-state index in [0.29, 0.717) is 55.3 Å². The van der Waals surface area contributed by atoms with Gasteiger partial charge in [0.2, 0.25) is 0 Å². The third-order valence-corrected chi connectivity index (χ3v) is 5.44. The van der Waals surface area contributed by atoms with Crippen molar-refractivity contribution in [3.8, 4) is 23.0 Å². The number of benzene rings is 3. The first kappa shape index (κ1) is 31.6. The molecule has 1 N–H and O–H groups in total. The van der Waals surface area contributed by atoms with Crippen molar-refractivity contribution in [3.63, 3.8) is 0 Å². The summed E-state index contributed by atoms with van der Waals surface area (Å²) < 4.78 is 31.9. The molecule has 0 aliphatic carbocycles. The van der Waals surface area contributed by atoms with Crippen LogP contribution in [-0.4, -0.2) is 55.7 Å². The Hall–Kier alpha value is -4.93. The standard InChI is InChI=1S/C32H32O10/c1-3-29(33)39-21-5-19-37-25-11-7-23(8-12-25)31(35)41-27-15-17-28(18-16-27)42-32(36)24-9-13-26(14-10-24)38-20-6-22-40-30(34)4-2/h3-4,7-18,29,33H,1-2,5-6,19-22H2/t29-/m1/s1. The summed E-state index contributed by atoms with van der Waals surface area (Å²) in [6.45, 7) is 8.00. The van der Waals surface area contributed by atoms with E-state index in [0.717, 1.165) is 6.08 Å². The molecule has 3 rings (SSSR count). The minimum absolute atomic E-state index is 0.220. The van der Waals surface area contributed by atoms with Gasteiger partial charge in [-0.2, -0.15) is 0 Å². The number of esters is 3. The average Bonchev–Trinajstić information content (AvgIpc) is 3.01. The van der Waals surface area contributed by atoms with Gasteiger partial charge in [-0.05, 0) is 78.9 Å². The Bertz CT molecular complexity index is 1310. The highest BCUT2D eigenvalue weighted by Gasteiger charge is 2.12. The summed E-state index contributed by atoms with van der Waals surface area (Å²) in [5.74, 6) is 0.0887. The van der Waals surface area contributed by atoms with Crippen molar-refractivity contribution in [2.75, 3.05) is 26.4 Å². The van der Waals surface area contributed by atoms with E-state index in [9.17, 15) is 19.5 Å². The molecule has 42 heavy (non-hydrogen) atoms. The number of aliphatic hydroxyl groups excluding tert-OH is 1. The molecule has 0 amide bonds. The minimum Gasteiger partial charge on any atom is -0.494 e. The van der Waals surface area contributed by atoms with Crippen LogP contribution in [0.15, 0.2) is 98.1 Å². The van der Waals surface area contributed by atoms with Gasteiger partial charge in [-0.3, -0.25) is 0 Å². The van der Waals surface area contributed by atoms with E-state index >= 15 is 0 Å². The average molecular weight is 577 g/mol. The number of aliphatic hydroxyl groups is 1. The van der Waals surface area contributed by atoms with E-state index in [1.54, 1.807) is 48.5 Å². The molecule has 0 heterocycles. The van der Waals surface area contributed by atoms with Crippen molar-refractivity contribution in [3.05, 3.63) is 109 Å². The number of carbonyl (C=O) groups is 3. The first-order chi connectivity index (χ1) is 20.4. The van der Waals surface area contributed by atoms with E-state index in [2.05, 4.69) is 13.2 Å². The zero-order valence-corrected chi connectivity index (χ0v) is 22.9. The molecule has 0 saturated carbocycles. The van der Waals surface area contributed by atoms with Gasteiger partial charge >= 0.3 is 17.9 Å². The maximum absolute atomic E-state index is 12.5. The molecule has 10 heteroatoms. The number of hydrogen-bond acceptors (Lipinski definition) is 10. The van der Waals surface area contributed by atoms with Crippen LogP contribution >= 0.6 is 0 Å². The Morgan fingerprint density at radius 1 is 0.643 bits per heavy atom. The van der Waals surface area contributed by atoms with Gasteiger partial charge in [0, 0.05) is 18.9 Å². The maximum Gasteiger partial charge on any atom is 0.343 e. The second-order valence-corrected chi connectivity index (χ2v) is 8.57. The quantitative estimate of drug-likeness (QED) is 0.0591. The largest absolute Gasteiger partial charge is 0.494 e. The monoisotopic (exact) mass is 576 g/mol. The Balaban J connectivity index is 1.40. The van der Waals surface area contributed by atoms with Crippen molar-refractivity contribution in [1.82, 2.24) is 0 Å². The van der Waals surface area contributed by atoms with Crippen molar-refractivity contribution in [2.24, 2.45) is 0 Å². The van der Waals surface area contributed by atoms with Crippen LogP contribution in [0.5, 0.6) is 23.0 Å². The van der Waals surface area contributed by atoms with Crippen molar-refractivity contribution in [1.29, 1.82) is 0 Å². The van der Waals surface area contributed by atoms with E-state index in [1.165, 1.54) is 30.3 Å². The Morgan fingerprint density at radius 3 is 1.50 bits per heavy atom. The van der Waals surface area contributed by atoms with Gasteiger partial charge in [-0.15, -0.1) is 0 Å². The first-order valence-electron chi connectivity index (χ1n) is 13.1. The van der Waals surface area contributed by atoms with E-state index < -0.39 is 24.2 Å². The van der Waals surface area contributed by atoms with Crippen molar-refractivity contribution >= 4 is 17.9 Å². The summed E-state index contributed by atoms with van der Waals surface area (Å²) in [6, 6.07) is 19.0. The predicted molar refractivity (Wildman–Crippen MR) is 153 cm³/mol. The highest BCUT2D eigenvalue weighted by atomic mass is 16.6. The van der Waals surface area contributed by atoms with E-state index in [-0.39, 0.29) is 18.1 Å². The second-order valence-electron chi connectivity index (χ2n) is 8.57. The van der Waals surface area contributed by atoms with Gasteiger partial charge < -0.3 is 33.5 Å². The fraction of sp³-hybridized carbons (Fsp3) is 0.219. The minimum atomic E-state index is -0.993. The van der Waals surface area contributed by atoms with Crippen LogP contribution in [0, 0.1) is 0 Å². The summed E-state index contributed by atoms with van der Waals surface area (Å²) in [7, 11) is 0. The van der Waals surface area contributed by atoms with Gasteiger partial charge in [0.25, 0.3) is 0 Å². The maximum atomic E-state index is 12.5. The third-order valence-electron chi connectivity index (χ3n) is 5.44. The molecule has 0 spiro atoms. The molecule has 3 aromatic carbocycles. The van der Waals surface area contributed by atoms with Gasteiger partial charge in [-0.25, -0.2) is 14.4 Å². The highest BCUT2D eigenvalue weighted by molar-refractivity contribution is 5.92. The molecule has 0 fully saturated rings. The van der Waals surface area contributed by atoms with Crippen LogP contribution in [0.4, 0.5) is 0 Å². The summed E-state index contributed by atoms with van der Waals surface area (Å²) in [4.78, 5) is 36.0. The normalized spacial score (nSPS) is 11.1. The molecule has 0 aromatic heterocycles.